The van der Waals surface area contributed by atoms with Crippen LogP contribution in [0.1, 0.15) is 23.2 Å². The van der Waals surface area contributed by atoms with Crippen LogP contribution in [-0.2, 0) is 10.0 Å². The first-order chi connectivity index (χ1) is 13.2. The first-order valence-electron chi connectivity index (χ1n) is 8.76. The van der Waals surface area contributed by atoms with E-state index in [2.05, 4.69) is 5.32 Å². The molecule has 3 rings (SSSR count). The number of phenolic OH excluding ortho intramolecular Hbond substituents is 1. The van der Waals surface area contributed by atoms with Gasteiger partial charge in [0.2, 0.25) is 10.0 Å². The van der Waals surface area contributed by atoms with Crippen LogP contribution in [0.25, 0.3) is 0 Å². The Morgan fingerprint density at radius 3 is 2.11 bits per heavy atom. The molecule has 1 heterocycles. The number of primary sulfonamides is 1. The van der Waals surface area contributed by atoms with Gasteiger partial charge in [-0.05, 0) is 61.4 Å². The van der Waals surface area contributed by atoms with Crippen molar-refractivity contribution in [3.8, 4) is 5.75 Å². The molecule has 148 valence electrons. The number of carbonyl (C=O) groups is 2. The Morgan fingerprint density at radius 2 is 1.57 bits per heavy atom. The molecule has 0 unspecified atom stereocenters. The summed E-state index contributed by atoms with van der Waals surface area (Å²) in [5, 5.41) is 17.1. The van der Waals surface area contributed by atoms with Gasteiger partial charge in [0, 0.05) is 30.3 Å². The van der Waals surface area contributed by atoms with Gasteiger partial charge in [-0.3, -0.25) is 4.79 Å². The number of carbonyl (C=O) groups excluding carboxylic acids is 2. The van der Waals surface area contributed by atoms with Gasteiger partial charge in [-0.2, -0.15) is 0 Å². The number of ketones is 1. The van der Waals surface area contributed by atoms with Crippen LogP contribution in [0.5, 0.6) is 5.75 Å². The second-order valence-electron chi connectivity index (χ2n) is 6.67. The maximum Gasteiger partial charge on any atom is 0.321 e. The fourth-order valence-electron chi connectivity index (χ4n) is 3.14. The van der Waals surface area contributed by atoms with Crippen LogP contribution in [0.3, 0.4) is 0 Å². The summed E-state index contributed by atoms with van der Waals surface area (Å²) in [4.78, 5) is 26.5. The normalized spacial score (nSPS) is 15.2. The first kappa shape index (κ1) is 19.8. The fourth-order valence-corrected chi connectivity index (χ4v) is 3.65. The number of amides is 2. The number of Topliss-reactive ketones (excluding diaryl/α,β-unsaturated/α-hetero) is 1. The van der Waals surface area contributed by atoms with Crippen LogP contribution in [0, 0.1) is 5.92 Å². The molecule has 4 N–H and O–H groups in total. The highest BCUT2D eigenvalue weighted by Crippen LogP contribution is 2.23. The third kappa shape index (κ3) is 4.68. The van der Waals surface area contributed by atoms with Crippen molar-refractivity contribution >= 4 is 27.5 Å². The zero-order chi connectivity index (χ0) is 20.3. The standard InChI is InChI=1S/C19H21N3O5S/c20-28(26,27)17-7-3-15(4-8-17)21-19(25)22-11-9-14(10-12-22)18(24)13-1-5-16(23)6-2-13/h1-8,14,23H,9-12H2,(H,21,25)(H2,20,26,27). The smallest absolute Gasteiger partial charge is 0.321 e. The van der Waals surface area contributed by atoms with Crippen molar-refractivity contribution in [2.24, 2.45) is 11.1 Å². The van der Waals surface area contributed by atoms with Crippen molar-refractivity contribution in [2.45, 2.75) is 17.7 Å². The lowest BCUT2D eigenvalue weighted by Gasteiger charge is -2.31. The molecule has 8 nitrogen and oxygen atoms in total. The number of likely N-dealkylation sites (tertiary alicyclic amines) is 1. The lowest BCUT2D eigenvalue weighted by molar-refractivity contribution is 0.0859. The van der Waals surface area contributed by atoms with E-state index in [9.17, 15) is 23.1 Å². The number of rotatable bonds is 4. The molecular weight excluding hydrogens is 382 g/mol. The van der Waals surface area contributed by atoms with Crippen molar-refractivity contribution in [1.82, 2.24) is 4.90 Å². The molecule has 2 amide bonds. The Hall–Kier alpha value is -2.91. The average molecular weight is 403 g/mol. The van der Waals surface area contributed by atoms with E-state index in [4.69, 9.17) is 5.14 Å². The molecule has 0 aromatic heterocycles. The molecule has 9 heteroatoms. The van der Waals surface area contributed by atoms with E-state index in [1.807, 2.05) is 0 Å². The number of phenols is 1. The Balaban J connectivity index is 1.55. The SMILES string of the molecule is NS(=O)(=O)c1ccc(NC(=O)N2CCC(C(=O)c3ccc(O)cc3)CC2)cc1. The summed E-state index contributed by atoms with van der Waals surface area (Å²) in [6.45, 7) is 0.880. The monoisotopic (exact) mass is 403 g/mol. The number of hydrogen-bond donors (Lipinski definition) is 3. The Labute approximate surface area is 163 Å². The minimum absolute atomic E-state index is 0.0126. The quantitative estimate of drug-likeness (QED) is 0.674. The van der Waals surface area contributed by atoms with Gasteiger partial charge in [0.25, 0.3) is 0 Å². The number of sulfonamides is 1. The Bertz CT molecular complexity index is 964. The van der Waals surface area contributed by atoms with Crippen molar-refractivity contribution in [3.05, 3.63) is 54.1 Å². The lowest BCUT2D eigenvalue weighted by Crippen LogP contribution is -2.42. The van der Waals surface area contributed by atoms with Crippen molar-refractivity contribution in [3.63, 3.8) is 0 Å². The molecule has 0 bridgehead atoms. The molecule has 2 aromatic rings. The number of benzene rings is 2. The van der Waals surface area contributed by atoms with Gasteiger partial charge in [0.1, 0.15) is 5.75 Å². The summed E-state index contributed by atoms with van der Waals surface area (Å²) in [6, 6.07) is 11.5. The third-order valence-electron chi connectivity index (χ3n) is 4.74. The number of anilines is 1. The van der Waals surface area contributed by atoms with E-state index < -0.39 is 10.0 Å². The maximum atomic E-state index is 12.5. The zero-order valence-electron chi connectivity index (χ0n) is 15.0. The molecule has 0 radical (unpaired) electrons. The van der Waals surface area contributed by atoms with Crippen LogP contribution >= 0.6 is 0 Å². The molecule has 28 heavy (non-hydrogen) atoms. The molecule has 0 atom stereocenters. The minimum Gasteiger partial charge on any atom is -0.508 e. The number of nitrogens with two attached hydrogens (primary N) is 1. The summed E-state index contributed by atoms with van der Waals surface area (Å²) in [5.41, 5.74) is 1.01. The van der Waals surface area contributed by atoms with E-state index >= 15 is 0 Å². The molecule has 1 fully saturated rings. The van der Waals surface area contributed by atoms with E-state index in [0.29, 0.717) is 37.2 Å². The van der Waals surface area contributed by atoms with Crippen molar-refractivity contribution in [2.75, 3.05) is 18.4 Å². The number of piperidine rings is 1. The first-order valence-corrected chi connectivity index (χ1v) is 10.3. The van der Waals surface area contributed by atoms with Gasteiger partial charge in [-0.1, -0.05) is 0 Å². The van der Waals surface area contributed by atoms with Crippen LogP contribution < -0.4 is 10.5 Å². The van der Waals surface area contributed by atoms with Gasteiger partial charge < -0.3 is 15.3 Å². The van der Waals surface area contributed by atoms with Crippen LogP contribution in [0.2, 0.25) is 0 Å². The highest BCUT2D eigenvalue weighted by Gasteiger charge is 2.28. The second kappa shape index (κ2) is 7.99. The summed E-state index contributed by atoms with van der Waals surface area (Å²) in [5.74, 6) is -0.0404. The molecule has 1 saturated heterocycles. The summed E-state index contributed by atoms with van der Waals surface area (Å²) in [6.07, 6.45) is 1.11. The maximum absolute atomic E-state index is 12.5. The van der Waals surface area contributed by atoms with Gasteiger partial charge >= 0.3 is 6.03 Å². The van der Waals surface area contributed by atoms with Crippen LogP contribution in [0.4, 0.5) is 10.5 Å². The largest absolute Gasteiger partial charge is 0.508 e. The third-order valence-corrected chi connectivity index (χ3v) is 5.67. The highest BCUT2D eigenvalue weighted by atomic mass is 32.2. The molecule has 0 saturated carbocycles. The second-order valence-corrected chi connectivity index (χ2v) is 8.23. The predicted molar refractivity (Wildman–Crippen MR) is 104 cm³/mol. The number of urea groups is 1. The fraction of sp³-hybridized carbons (Fsp3) is 0.263. The number of aromatic hydroxyl groups is 1. The van der Waals surface area contributed by atoms with Crippen LogP contribution in [-0.4, -0.2) is 43.3 Å². The molecular formula is C19H21N3O5S. The van der Waals surface area contributed by atoms with Gasteiger partial charge in [-0.15, -0.1) is 0 Å². The van der Waals surface area contributed by atoms with Gasteiger partial charge in [0.15, 0.2) is 5.78 Å². The summed E-state index contributed by atoms with van der Waals surface area (Å²) < 4.78 is 22.5. The predicted octanol–water partition coefficient (Wildman–Crippen LogP) is 2.17. The Kier molecular flexibility index (Phi) is 5.66. The molecule has 0 aliphatic carbocycles. The molecule has 2 aromatic carbocycles. The molecule has 0 spiro atoms. The van der Waals surface area contributed by atoms with E-state index in [-0.39, 0.29) is 28.4 Å². The molecule has 1 aliphatic heterocycles. The number of nitrogens with one attached hydrogen (secondary N) is 1. The van der Waals surface area contributed by atoms with E-state index in [0.717, 1.165) is 0 Å². The van der Waals surface area contributed by atoms with E-state index in [1.165, 1.54) is 36.4 Å². The van der Waals surface area contributed by atoms with Gasteiger partial charge in [-0.25, -0.2) is 18.4 Å². The van der Waals surface area contributed by atoms with Crippen molar-refractivity contribution < 1.29 is 23.1 Å². The van der Waals surface area contributed by atoms with Crippen LogP contribution in [0.15, 0.2) is 53.4 Å². The zero-order valence-corrected chi connectivity index (χ0v) is 15.9. The van der Waals surface area contributed by atoms with E-state index in [1.54, 1.807) is 17.0 Å². The average Bonchev–Trinajstić information content (AvgIpc) is 2.68. The topological polar surface area (TPSA) is 130 Å². The lowest BCUT2D eigenvalue weighted by atomic mass is 9.89. The van der Waals surface area contributed by atoms with Crippen molar-refractivity contribution in [1.29, 1.82) is 0 Å². The van der Waals surface area contributed by atoms with Gasteiger partial charge in [0.05, 0.1) is 4.90 Å². The molecule has 1 aliphatic rings. The summed E-state index contributed by atoms with van der Waals surface area (Å²) in [7, 11) is -3.78. The summed E-state index contributed by atoms with van der Waals surface area (Å²) >= 11 is 0. The number of hydrogen-bond acceptors (Lipinski definition) is 5. The number of nitrogens with zero attached hydrogens (tertiary/aromatic N) is 1. The Morgan fingerprint density at radius 1 is 1.00 bits per heavy atom. The minimum atomic E-state index is -3.78. The highest BCUT2D eigenvalue weighted by molar-refractivity contribution is 7.89.